The SMILES string of the molecule is [Pt+2].[c-]1ccnn1-c1nc(C(c2ccccc2)(c2ccccc2)c2ccc(-c3ccccc3)c(-n3[c-]ccn3)n2)ccc1-c1ccccc1. The monoisotopic (exact) mass is 799 g/mol. The third-order valence-corrected chi connectivity index (χ3v) is 8.41. The molecule has 7 heteroatoms. The molecule has 0 aliphatic heterocycles. The molecule has 8 aromatic rings. The van der Waals surface area contributed by atoms with Crippen molar-refractivity contribution in [2.75, 3.05) is 0 Å². The molecule has 0 saturated heterocycles. The average molecular weight is 800 g/mol. The van der Waals surface area contributed by atoms with E-state index in [0.717, 1.165) is 44.8 Å². The van der Waals surface area contributed by atoms with Gasteiger partial charge in [0.15, 0.2) is 0 Å². The Morgan fingerprint density at radius 3 is 1.17 bits per heavy atom. The molecular weight excluding hydrogens is 772 g/mol. The summed E-state index contributed by atoms with van der Waals surface area (Å²) in [7, 11) is 0. The summed E-state index contributed by atoms with van der Waals surface area (Å²) in [5.41, 5.74) is 6.69. The Hall–Kier alpha value is -5.71. The number of aromatic nitrogens is 6. The van der Waals surface area contributed by atoms with Crippen LogP contribution in [0.1, 0.15) is 22.5 Å². The number of nitrogens with zero attached hydrogens (tertiary/aromatic N) is 6. The number of rotatable bonds is 8. The number of pyridine rings is 2. The second kappa shape index (κ2) is 13.6. The van der Waals surface area contributed by atoms with Gasteiger partial charge in [0.1, 0.15) is 5.41 Å². The third kappa shape index (κ3) is 5.50. The van der Waals surface area contributed by atoms with Gasteiger partial charge in [-0.25, -0.2) is 0 Å². The van der Waals surface area contributed by atoms with Crippen molar-refractivity contribution >= 4 is 0 Å². The van der Waals surface area contributed by atoms with Gasteiger partial charge in [-0.15, -0.1) is 12.1 Å². The van der Waals surface area contributed by atoms with E-state index >= 15 is 0 Å². The maximum absolute atomic E-state index is 5.47. The first-order valence-electron chi connectivity index (χ1n) is 15.4. The Bertz CT molecular complexity index is 2060. The third-order valence-electron chi connectivity index (χ3n) is 8.41. The second-order valence-electron chi connectivity index (χ2n) is 11.1. The van der Waals surface area contributed by atoms with Crippen LogP contribution in [0.2, 0.25) is 0 Å². The van der Waals surface area contributed by atoms with Gasteiger partial charge in [0.25, 0.3) is 0 Å². The van der Waals surface area contributed by atoms with Crippen molar-refractivity contribution in [2.24, 2.45) is 0 Å². The number of hydrogen-bond donors (Lipinski definition) is 0. The molecule has 4 aromatic carbocycles. The van der Waals surface area contributed by atoms with Gasteiger partial charge in [-0.1, -0.05) is 158 Å². The maximum Gasteiger partial charge on any atom is 2.00 e. The summed E-state index contributed by atoms with van der Waals surface area (Å²) in [6, 6.07) is 53.5. The van der Waals surface area contributed by atoms with Gasteiger partial charge in [-0.2, -0.15) is 0 Å². The first-order valence-corrected chi connectivity index (χ1v) is 15.4. The van der Waals surface area contributed by atoms with E-state index in [2.05, 4.69) is 120 Å². The molecule has 0 unspecified atom stereocenters. The molecule has 0 aliphatic carbocycles. The molecule has 6 nitrogen and oxygen atoms in total. The standard InChI is InChI=1S/C41H28N6.Pt/c1-5-15-31(16-6-1)35-23-25-37(44-39(35)46-29-13-27-42-46)41(33-19-9-3-10-20-33,34-21-11-4-12-22-34)38-26-24-36(32-17-7-2-8-18-32)40(45-38)47-30-14-28-43-47;/h1-28H;/q-2;+2. The molecule has 0 amide bonds. The van der Waals surface area contributed by atoms with Crippen molar-refractivity contribution < 1.29 is 21.1 Å². The minimum atomic E-state index is -0.920. The van der Waals surface area contributed by atoms with Crippen LogP contribution in [-0.4, -0.2) is 29.5 Å². The molecule has 0 N–H and O–H groups in total. The number of hydrogen-bond acceptors (Lipinski definition) is 4. The molecule has 232 valence electrons. The van der Waals surface area contributed by atoms with Crippen molar-refractivity contribution in [2.45, 2.75) is 5.41 Å². The molecule has 0 spiro atoms. The quantitative estimate of drug-likeness (QED) is 0.146. The Morgan fingerprint density at radius 1 is 0.438 bits per heavy atom. The van der Waals surface area contributed by atoms with E-state index in [0.29, 0.717) is 11.6 Å². The first-order chi connectivity index (χ1) is 23.3. The van der Waals surface area contributed by atoms with Crippen LogP contribution in [0.3, 0.4) is 0 Å². The van der Waals surface area contributed by atoms with Crippen LogP contribution in [0, 0.1) is 12.4 Å². The predicted molar refractivity (Wildman–Crippen MR) is 183 cm³/mol. The Balaban J connectivity index is 0.00000364. The topological polar surface area (TPSA) is 61.4 Å². The fourth-order valence-corrected chi connectivity index (χ4v) is 6.30. The summed E-state index contributed by atoms with van der Waals surface area (Å²) in [6.07, 6.45) is 9.90. The van der Waals surface area contributed by atoms with Gasteiger partial charge < -0.3 is 9.36 Å². The normalized spacial score (nSPS) is 11.2. The van der Waals surface area contributed by atoms with E-state index in [-0.39, 0.29) is 21.1 Å². The van der Waals surface area contributed by atoms with E-state index in [4.69, 9.17) is 9.97 Å². The molecule has 0 aliphatic rings. The number of benzene rings is 4. The van der Waals surface area contributed by atoms with E-state index in [1.165, 1.54) is 0 Å². The molecule has 4 aromatic heterocycles. The summed E-state index contributed by atoms with van der Waals surface area (Å²) < 4.78 is 3.42. The van der Waals surface area contributed by atoms with E-state index in [9.17, 15) is 0 Å². The second-order valence-corrected chi connectivity index (χ2v) is 11.1. The summed E-state index contributed by atoms with van der Waals surface area (Å²) >= 11 is 0. The zero-order chi connectivity index (χ0) is 31.5. The van der Waals surface area contributed by atoms with Crippen LogP contribution in [0.25, 0.3) is 33.9 Å². The Morgan fingerprint density at radius 2 is 0.812 bits per heavy atom. The van der Waals surface area contributed by atoms with Crippen LogP contribution < -0.4 is 0 Å². The predicted octanol–water partition coefficient (Wildman–Crippen LogP) is 8.16. The van der Waals surface area contributed by atoms with Crippen molar-refractivity contribution in [1.29, 1.82) is 0 Å². The fraction of sp³-hybridized carbons (Fsp3) is 0.0244. The Kier molecular flexibility index (Phi) is 8.74. The summed E-state index contributed by atoms with van der Waals surface area (Å²) in [6.45, 7) is 0. The van der Waals surface area contributed by atoms with Gasteiger partial charge in [-0.05, 0) is 45.5 Å². The molecular formula is C41H28N6Pt. The van der Waals surface area contributed by atoms with Crippen LogP contribution in [0.15, 0.2) is 170 Å². The fourth-order valence-electron chi connectivity index (χ4n) is 6.30. The van der Waals surface area contributed by atoms with Crippen molar-refractivity contribution in [1.82, 2.24) is 29.5 Å². The molecule has 0 bridgehead atoms. The van der Waals surface area contributed by atoms with Crippen LogP contribution in [-0.2, 0) is 26.5 Å². The smallest absolute Gasteiger partial charge is 0.343 e. The van der Waals surface area contributed by atoms with Gasteiger partial charge in [0.05, 0.1) is 11.6 Å². The van der Waals surface area contributed by atoms with Gasteiger partial charge in [0.2, 0.25) is 0 Å². The average Bonchev–Trinajstić information content (AvgIpc) is 3.90. The molecule has 0 saturated carbocycles. The molecule has 48 heavy (non-hydrogen) atoms. The molecule has 0 radical (unpaired) electrons. The molecule has 4 heterocycles. The minimum Gasteiger partial charge on any atom is -0.343 e. The zero-order valence-electron chi connectivity index (χ0n) is 25.7. The van der Waals surface area contributed by atoms with Crippen LogP contribution in [0.5, 0.6) is 0 Å². The van der Waals surface area contributed by atoms with Crippen molar-refractivity contribution in [3.63, 3.8) is 0 Å². The minimum absolute atomic E-state index is 0. The largest absolute Gasteiger partial charge is 2.00 e. The molecule has 8 rings (SSSR count). The van der Waals surface area contributed by atoms with E-state index in [1.54, 1.807) is 33.9 Å². The van der Waals surface area contributed by atoms with Crippen LogP contribution >= 0.6 is 0 Å². The first kappa shape index (κ1) is 30.9. The zero-order valence-corrected chi connectivity index (χ0v) is 27.9. The van der Waals surface area contributed by atoms with Gasteiger partial charge >= 0.3 is 21.1 Å². The molecule has 0 fully saturated rings. The Labute approximate surface area is 293 Å². The summed E-state index contributed by atoms with van der Waals surface area (Å²) in [5, 5.41) is 9.15. The molecule has 0 atom stereocenters. The van der Waals surface area contributed by atoms with E-state index in [1.807, 2.05) is 48.5 Å². The van der Waals surface area contributed by atoms with E-state index < -0.39 is 5.41 Å². The van der Waals surface area contributed by atoms with Crippen molar-refractivity contribution in [3.8, 4) is 33.9 Å². The summed E-state index contributed by atoms with van der Waals surface area (Å²) in [4.78, 5) is 10.9. The maximum atomic E-state index is 5.47. The van der Waals surface area contributed by atoms with Crippen molar-refractivity contribution in [3.05, 3.63) is 205 Å². The van der Waals surface area contributed by atoms with Crippen LogP contribution in [0.4, 0.5) is 0 Å². The van der Waals surface area contributed by atoms with Gasteiger partial charge in [0, 0.05) is 11.4 Å². The van der Waals surface area contributed by atoms with Gasteiger partial charge in [-0.3, -0.25) is 20.2 Å². The summed E-state index contributed by atoms with van der Waals surface area (Å²) in [5.74, 6) is 1.35.